The molecule has 0 aromatic rings. The van der Waals surface area contributed by atoms with Crippen LogP contribution in [0.4, 0.5) is 0 Å². The molecular weight excluding hydrogens is 192 g/mol. The Kier molecular flexibility index (Phi) is 7.14. The Bertz CT molecular complexity index is 145. The maximum atomic E-state index is 8.11. The molecule has 0 spiro atoms. The smallest absolute Gasteiger partial charge is 0.0742 e. The van der Waals surface area contributed by atoms with Gasteiger partial charge in [-0.2, -0.15) is 0 Å². The van der Waals surface area contributed by atoms with Crippen LogP contribution < -0.4 is 0 Å². The third-order valence-electron chi connectivity index (χ3n) is 2.07. The number of aliphatic hydroxyl groups is 2. The maximum absolute atomic E-state index is 8.11. The number of hydrogen-bond donors (Lipinski definition) is 2. The van der Waals surface area contributed by atoms with Crippen molar-refractivity contribution in [2.75, 3.05) is 13.2 Å². The van der Waals surface area contributed by atoms with E-state index in [4.69, 9.17) is 14.9 Å². The lowest BCUT2D eigenvalue weighted by molar-refractivity contribution is -0.0310. The predicted octanol–water partition coefficient (Wildman–Crippen LogP) is 1.96. The molecule has 1 aliphatic carbocycles. The molecule has 0 aromatic carbocycles. The average Bonchev–Trinajstić information content (AvgIpc) is 2.00. The van der Waals surface area contributed by atoms with Gasteiger partial charge in [-0.05, 0) is 31.6 Å². The van der Waals surface area contributed by atoms with Gasteiger partial charge in [-0.25, -0.2) is 0 Å². The van der Waals surface area contributed by atoms with Crippen molar-refractivity contribution in [3.05, 3.63) is 0 Å². The second kappa shape index (κ2) is 7.20. The van der Waals surface area contributed by atoms with E-state index < -0.39 is 6.10 Å². The third kappa shape index (κ3) is 10.2. The summed E-state index contributed by atoms with van der Waals surface area (Å²) in [5, 5.41) is 16.0. The molecule has 0 saturated heterocycles. The van der Waals surface area contributed by atoms with Crippen molar-refractivity contribution in [3.63, 3.8) is 0 Å². The standard InChI is InChI=1S/C9H18O.C3H8O2/c1-9(2,3)7-10-8-5-4-6-8;1-3(5)2-4/h8H,4-7H2,1-3H3;3-5H,2H2,1H3. The van der Waals surface area contributed by atoms with Crippen LogP contribution in [-0.2, 0) is 4.74 Å². The van der Waals surface area contributed by atoms with Gasteiger partial charge in [0.05, 0.1) is 25.4 Å². The first-order valence-electron chi connectivity index (χ1n) is 5.75. The predicted molar refractivity (Wildman–Crippen MR) is 61.8 cm³/mol. The normalized spacial score (nSPS) is 18.8. The van der Waals surface area contributed by atoms with Crippen molar-refractivity contribution in [3.8, 4) is 0 Å². The molecule has 3 nitrogen and oxygen atoms in total. The van der Waals surface area contributed by atoms with Crippen molar-refractivity contribution in [2.45, 2.75) is 59.2 Å². The molecule has 0 amide bonds. The van der Waals surface area contributed by atoms with Gasteiger partial charge in [0, 0.05) is 0 Å². The van der Waals surface area contributed by atoms with Crippen LogP contribution in [0.25, 0.3) is 0 Å². The minimum absolute atomic E-state index is 0.139. The van der Waals surface area contributed by atoms with Gasteiger partial charge < -0.3 is 14.9 Å². The molecule has 1 fully saturated rings. The molecular formula is C12H26O3. The lowest BCUT2D eigenvalue weighted by Gasteiger charge is -2.29. The highest BCUT2D eigenvalue weighted by molar-refractivity contribution is 4.70. The Balaban J connectivity index is 0.000000336. The van der Waals surface area contributed by atoms with Gasteiger partial charge in [0.15, 0.2) is 0 Å². The molecule has 0 heterocycles. The summed E-state index contributed by atoms with van der Waals surface area (Å²) < 4.78 is 5.64. The highest BCUT2D eigenvalue weighted by Gasteiger charge is 2.20. The Morgan fingerprint density at radius 2 is 1.80 bits per heavy atom. The summed E-state index contributed by atoms with van der Waals surface area (Å²) in [4.78, 5) is 0. The van der Waals surface area contributed by atoms with E-state index in [0.717, 1.165) is 6.61 Å². The fourth-order valence-corrected chi connectivity index (χ4v) is 0.905. The van der Waals surface area contributed by atoms with Gasteiger partial charge in [-0.3, -0.25) is 0 Å². The summed E-state index contributed by atoms with van der Waals surface area (Å²) in [5.74, 6) is 0. The van der Waals surface area contributed by atoms with Crippen LogP contribution in [0.1, 0.15) is 47.0 Å². The van der Waals surface area contributed by atoms with Crippen molar-refractivity contribution >= 4 is 0 Å². The molecule has 1 saturated carbocycles. The molecule has 0 radical (unpaired) electrons. The number of hydrogen-bond acceptors (Lipinski definition) is 3. The minimum Gasteiger partial charge on any atom is -0.394 e. The second-order valence-corrected chi connectivity index (χ2v) is 5.46. The summed E-state index contributed by atoms with van der Waals surface area (Å²) in [6, 6.07) is 0. The van der Waals surface area contributed by atoms with Crippen LogP contribution in [0, 0.1) is 5.41 Å². The quantitative estimate of drug-likeness (QED) is 0.761. The molecule has 1 rings (SSSR count). The van der Waals surface area contributed by atoms with E-state index in [1.807, 2.05) is 0 Å². The van der Waals surface area contributed by atoms with Crippen LogP contribution in [0.15, 0.2) is 0 Å². The third-order valence-corrected chi connectivity index (χ3v) is 2.07. The van der Waals surface area contributed by atoms with Gasteiger partial charge in [-0.15, -0.1) is 0 Å². The Labute approximate surface area is 93.5 Å². The maximum Gasteiger partial charge on any atom is 0.0742 e. The molecule has 0 aliphatic heterocycles. The Morgan fingerprint density at radius 3 is 2.00 bits per heavy atom. The summed E-state index contributed by atoms with van der Waals surface area (Å²) in [5.41, 5.74) is 0.343. The molecule has 1 atom stereocenters. The van der Waals surface area contributed by atoms with Gasteiger partial charge in [0.1, 0.15) is 0 Å². The van der Waals surface area contributed by atoms with Gasteiger partial charge >= 0.3 is 0 Å². The monoisotopic (exact) mass is 218 g/mol. The van der Waals surface area contributed by atoms with E-state index in [9.17, 15) is 0 Å². The molecule has 1 unspecified atom stereocenters. The summed E-state index contributed by atoms with van der Waals surface area (Å²) >= 11 is 0. The first kappa shape index (κ1) is 14.9. The Hall–Kier alpha value is -0.120. The minimum atomic E-state index is -0.560. The number of aliphatic hydroxyl groups excluding tert-OH is 2. The molecule has 2 N–H and O–H groups in total. The van der Waals surface area contributed by atoms with E-state index in [2.05, 4.69) is 20.8 Å². The van der Waals surface area contributed by atoms with E-state index in [-0.39, 0.29) is 6.61 Å². The van der Waals surface area contributed by atoms with Gasteiger partial charge in [0.25, 0.3) is 0 Å². The van der Waals surface area contributed by atoms with Crippen molar-refractivity contribution in [1.29, 1.82) is 0 Å². The summed E-state index contributed by atoms with van der Waals surface area (Å²) in [7, 11) is 0. The Morgan fingerprint density at radius 1 is 1.33 bits per heavy atom. The van der Waals surface area contributed by atoms with Crippen LogP contribution in [0.5, 0.6) is 0 Å². The lowest BCUT2D eigenvalue weighted by atomic mass is 9.94. The van der Waals surface area contributed by atoms with Crippen molar-refractivity contribution in [2.24, 2.45) is 5.41 Å². The van der Waals surface area contributed by atoms with Crippen LogP contribution in [0.3, 0.4) is 0 Å². The van der Waals surface area contributed by atoms with Gasteiger partial charge in [0.2, 0.25) is 0 Å². The second-order valence-electron chi connectivity index (χ2n) is 5.46. The first-order chi connectivity index (χ1) is 6.85. The fourth-order valence-electron chi connectivity index (χ4n) is 0.905. The van der Waals surface area contributed by atoms with E-state index in [0.29, 0.717) is 11.5 Å². The van der Waals surface area contributed by atoms with Crippen LogP contribution in [-0.4, -0.2) is 35.6 Å². The molecule has 1 aliphatic rings. The van der Waals surface area contributed by atoms with E-state index in [1.54, 1.807) is 0 Å². The molecule has 0 bridgehead atoms. The summed E-state index contributed by atoms with van der Waals surface area (Å²) in [6.07, 6.45) is 3.98. The largest absolute Gasteiger partial charge is 0.394 e. The van der Waals surface area contributed by atoms with Crippen molar-refractivity contribution < 1.29 is 14.9 Å². The zero-order valence-corrected chi connectivity index (χ0v) is 10.5. The summed E-state index contributed by atoms with van der Waals surface area (Å²) in [6.45, 7) is 8.95. The topological polar surface area (TPSA) is 49.7 Å². The highest BCUT2D eigenvalue weighted by atomic mass is 16.5. The van der Waals surface area contributed by atoms with Crippen LogP contribution >= 0.6 is 0 Å². The van der Waals surface area contributed by atoms with Gasteiger partial charge in [-0.1, -0.05) is 20.8 Å². The lowest BCUT2D eigenvalue weighted by Crippen LogP contribution is -2.26. The average molecular weight is 218 g/mol. The first-order valence-corrected chi connectivity index (χ1v) is 5.75. The van der Waals surface area contributed by atoms with Crippen LogP contribution in [0.2, 0.25) is 0 Å². The van der Waals surface area contributed by atoms with E-state index >= 15 is 0 Å². The fraction of sp³-hybridized carbons (Fsp3) is 1.00. The molecule has 92 valence electrons. The number of ether oxygens (including phenoxy) is 1. The zero-order valence-electron chi connectivity index (χ0n) is 10.5. The highest BCUT2D eigenvalue weighted by Crippen LogP contribution is 2.24. The molecule has 0 aromatic heterocycles. The molecule has 15 heavy (non-hydrogen) atoms. The SMILES string of the molecule is CC(C)(C)COC1CCC1.CC(O)CO. The number of rotatable bonds is 3. The van der Waals surface area contributed by atoms with E-state index in [1.165, 1.54) is 26.2 Å². The zero-order chi connectivity index (χ0) is 11.9. The van der Waals surface area contributed by atoms with Crippen molar-refractivity contribution in [1.82, 2.24) is 0 Å². The molecule has 3 heteroatoms.